The Morgan fingerprint density at radius 2 is 1.41 bits per heavy atom. The largest absolute Gasteiger partial charge is 0.436 e. The van der Waals surface area contributed by atoms with Crippen LogP contribution in [-0.2, 0) is 0 Å². The Labute approximate surface area is 259 Å². The average molecular weight is 604 g/mol. The molecular weight excluding hydrogens is 583 g/mol. The summed E-state index contributed by atoms with van der Waals surface area (Å²) in [7, 11) is 0. The van der Waals surface area contributed by atoms with E-state index in [9.17, 15) is 0 Å². The maximum absolute atomic E-state index is 6.21. The van der Waals surface area contributed by atoms with Crippen molar-refractivity contribution < 1.29 is 4.42 Å². The molecule has 0 saturated heterocycles. The van der Waals surface area contributed by atoms with Gasteiger partial charge < -0.3 is 8.98 Å². The Morgan fingerprint density at radius 1 is 0.591 bits per heavy atom. The molecule has 0 aliphatic rings. The molecule has 0 spiro atoms. The summed E-state index contributed by atoms with van der Waals surface area (Å²) >= 11 is 3.27. The van der Waals surface area contributed by atoms with Gasteiger partial charge in [-0.25, -0.2) is 15.0 Å². The molecule has 9 aromatic rings. The molecule has 0 bridgehead atoms. The van der Waals surface area contributed by atoms with Gasteiger partial charge in [0, 0.05) is 62.4 Å². The Balaban J connectivity index is 1.36. The molecule has 9 rings (SSSR count). The third kappa shape index (κ3) is 4.07. The zero-order valence-corrected chi connectivity index (χ0v) is 24.7. The fourth-order valence-corrected chi connectivity index (χ4v) is 7.16. The monoisotopic (exact) mass is 603 g/mol. The first-order valence-electron chi connectivity index (χ1n) is 14.1. The van der Waals surface area contributed by atoms with Crippen LogP contribution in [0.5, 0.6) is 0 Å². The van der Waals surface area contributed by atoms with Gasteiger partial charge in [-0.15, -0.1) is 22.7 Å². The summed E-state index contributed by atoms with van der Waals surface area (Å²) in [5, 5.41) is 8.26. The third-order valence-corrected chi connectivity index (χ3v) is 9.48. The second kappa shape index (κ2) is 10.1. The van der Waals surface area contributed by atoms with Crippen molar-refractivity contribution in [1.82, 2.24) is 24.5 Å². The van der Waals surface area contributed by atoms with Gasteiger partial charge in [-0.3, -0.25) is 4.98 Å². The van der Waals surface area contributed by atoms with E-state index in [4.69, 9.17) is 14.4 Å². The van der Waals surface area contributed by atoms with Crippen LogP contribution in [0, 0.1) is 0 Å². The van der Waals surface area contributed by atoms with Crippen LogP contribution < -0.4 is 0 Å². The van der Waals surface area contributed by atoms with Crippen LogP contribution in [0.25, 0.3) is 82.4 Å². The first-order valence-corrected chi connectivity index (χ1v) is 15.9. The highest BCUT2D eigenvalue weighted by molar-refractivity contribution is 7.13. The molecule has 208 valence electrons. The van der Waals surface area contributed by atoms with Gasteiger partial charge in [-0.05, 0) is 66.7 Å². The summed E-state index contributed by atoms with van der Waals surface area (Å²) < 4.78 is 8.55. The molecule has 5 aromatic heterocycles. The molecule has 0 amide bonds. The molecule has 5 heterocycles. The van der Waals surface area contributed by atoms with Crippen molar-refractivity contribution in [1.29, 1.82) is 0 Å². The molecule has 0 aliphatic heterocycles. The first-order chi connectivity index (χ1) is 21.8. The molecule has 0 unspecified atom stereocenters. The van der Waals surface area contributed by atoms with Crippen molar-refractivity contribution in [2.75, 3.05) is 0 Å². The van der Waals surface area contributed by atoms with Crippen molar-refractivity contribution >= 4 is 55.6 Å². The molecule has 0 atom stereocenters. The van der Waals surface area contributed by atoms with Gasteiger partial charge in [-0.2, -0.15) is 0 Å². The number of rotatable bonds is 5. The Kier molecular flexibility index (Phi) is 5.75. The van der Waals surface area contributed by atoms with Crippen LogP contribution in [0.15, 0.2) is 131 Å². The van der Waals surface area contributed by atoms with Gasteiger partial charge in [0.2, 0.25) is 5.89 Å². The summed E-state index contributed by atoms with van der Waals surface area (Å²) in [5.41, 5.74) is 9.78. The number of nitrogens with zero attached hydrogens (tertiary/aromatic N) is 5. The summed E-state index contributed by atoms with van der Waals surface area (Å²) in [6.45, 7) is 0. The molecule has 6 nitrogen and oxygen atoms in total. The van der Waals surface area contributed by atoms with E-state index in [0.29, 0.717) is 5.89 Å². The number of hydrogen-bond acceptors (Lipinski definition) is 7. The number of pyridine rings is 1. The molecular formula is C36H21N5OS2. The lowest BCUT2D eigenvalue weighted by molar-refractivity contribution is 0.620. The molecule has 0 fully saturated rings. The highest BCUT2D eigenvalue weighted by Crippen LogP contribution is 2.41. The topological polar surface area (TPSA) is 69.6 Å². The zero-order valence-electron chi connectivity index (χ0n) is 23.1. The van der Waals surface area contributed by atoms with Crippen molar-refractivity contribution in [2.45, 2.75) is 0 Å². The van der Waals surface area contributed by atoms with E-state index in [2.05, 4.69) is 69.1 Å². The molecule has 8 heteroatoms. The van der Waals surface area contributed by atoms with Gasteiger partial charge in [-0.1, -0.05) is 30.3 Å². The Morgan fingerprint density at radius 3 is 2.23 bits per heavy atom. The summed E-state index contributed by atoms with van der Waals surface area (Å²) in [5.74, 6) is 0.593. The molecule has 0 radical (unpaired) electrons. The predicted molar refractivity (Wildman–Crippen MR) is 179 cm³/mol. The highest BCUT2D eigenvalue weighted by atomic mass is 32.1. The number of benzene rings is 4. The van der Waals surface area contributed by atoms with E-state index in [1.165, 1.54) is 0 Å². The normalized spacial score (nSPS) is 11.6. The number of fused-ring (bicyclic) bond motifs is 4. The van der Waals surface area contributed by atoms with Gasteiger partial charge in [0.15, 0.2) is 5.58 Å². The molecule has 4 aromatic carbocycles. The van der Waals surface area contributed by atoms with E-state index in [-0.39, 0.29) is 0 Å². The van der Waals surface area contributed by atoms with Crippen LogP contribution >= 0.6 is 22.7 Å². The van der Waals surface area contributed by atoms with Crippen LogP contribution in [0.1, 0.15) is 0 Å². The zero-order chi connectivity index (χ0) is 29.0. The van der Waals surface area contributed by atoms with E-state index in [1.807, 2.05) is 71.8 Å². The van der Waals surface area contributed by atoms with E-state index < -0.39 is 0 Å². The molecule has 0 saturated carbocycles. The SMILES string of the molecule is c1ccc(-c2ccc(-c3nccs3)c(-n3c4ccc(-c5nccs5)cc4c4ccc(-c5nc6ccccc6o5)cc43)c2)nc1. The number of oxazole rings is 1. The number of hydrogen-bond donors (Lipinski definition) is 0. The third-order valence-electron chi connectivity index (χ3n) is 7.85. The van der Waals surface area contributed by atoms with Crippen molar-refractivity contribution in [3.05, 3.63) is 126 Å². The lowest BCUT2D eigenvalue weighted by atomic mass is 10.1. The summed E-state index contributed by atoms with van der Waals surface area (Å²) in [6, 6.07) is 33.4. The lowest BCUT2D eigenvalue weighted by Crippen LogP contribution is -1.98. The van der Waals surface area contributed by atoms with Crippen molar-refractivity contribution in [3.63, 3.8) is 0 Å². The smallest absolute Gasteiger partial charge is 0.227 e. The van der Waals surface area contributed by atoms with E-state index in [1.54, 1.807) is 22.7 Å². The van der Waals surface area contributed by atoms with E-state index >= 15 is 0 Å². The first kappa shape index (κ1) is 25.1. The minimum atomic E-state index is 0.593. The number of thiazole rings is 2. The lowest BCUT2D eigenvalue weighted by Gasteiger charge is -2.15. The van der Waals surface area contributed by atoms with Crippen LogP contribution in [0.2, 0.25) is 0 Å². The molecule has 44 heavy (non-hydrogen) atoms. The van der Waals surface area contributed by atoms with Gasteiger partial charge in [0.25, 0.3) is 0 Å². The van der Waals surface area contributed by atoms with Gasteiger partial charge >= 0.3 is 0 Å². The van der Waals surface area contributed by atoms with E-state index in [0.717, 1.165) is 76.6 Å². The maximum Gasteiger partial charge on any atom is 0.227 e. The summed E-state index contributed by atoms with van der Waals surface area (Å²) in [4.78, 5) is 18.8. The highest BCUT2D eigenvalue weighted by Gasteiger charge is 2.20. The second-order valence-electron chi connectivity index (χ2n) is 10.4. The van der Waals surface area contributed by atoms with Crippen molar-refractivity contribution in [2.24, 2.45) is 0 Å². The maximum atomic E-state index is 6.21. The predicted octanol–water partition coefficient (Wildman–Crippen LogP) is 9.90. The minimum absolute atomic E-state index is 0.593. The fourth-order valence-electron chi connectivity index (χ4n) is 5.86. The van der Waals surface area contributed by atoms with Crippen LogP contribution in [-0.4, -0.2) is 24.5 Å². The second-order valence-corrected chi connectivity index (χ2v) is 12.2. The quantitative estimate of drug-likeness (QED) is 0.196. The molecule has 0 N–H and O–H groups in total. The Hall–Kier alpha value is -5.44. The number of aromatic nitrogens is 5. The minimum Gasteiger partial charge on any atom is -0.436 e. The number of para-hydroxylation sites is 2. The average Bonchev–Trinajstić information content (AvgIpc) is 3.90. The van der Waals surface area contributed by atoms with Gasteiger partial charge in [0.1, 0.15) is 15.5 Å². The van der Waals surface area contributed by atoms with Crippen LogP contribution in [0.4, 0.5) is 0 Å². The fraction of sp³-hybridized carbons (Fsp3) is 0. The van der Waals surface area contributed by atoms with Crippen molar-refractivity contribution in [3.8, 4) is 49.5 Å². The Bertz CT molecular complexity index is 2410. The van der Waals surface area contributed by atoms with Gasteiger partial charge in [0.05, 0.1) is 22.4 Å². The standard InChI is InChI=1S/C36H21N5OS2/c1-2-7-33-29(6-1)40-34(42-33)23-9-11-25-27-19-24(35-38-15-17-43-35)10-13-30(27)41(31(25)21-23)32-20-22(28-5-3-4-14-37-28)8-12-26(32)36-39-16-18-44-36/h1-21H. The summed E-state index contributed by atoms with van der Waals surface area (Å²) in [6.07, 6.45) is 5.54. The van der Waals surface area contributed by atoms with Crippen LogP contribution in [0.3, 0.4) is 0 Å². The molecule has 0 aliphatic carbocycles.